The van der Waals surface area contributed by atoms with Crippen LogP contribution in [0.3, 0.4) is 0 Å². The summed E-state index contributed by atoms with van der Waals surface area (Å²) in [6.07, 6.45) is -0.684. The molecule has 1 saturated heterocycles. The van der Waals surface area contributed by atoms with Crippen LogP contribution in [-0.2, 0) is 19.4 Å². The minimum atomic E-state index is -2.93. The average Bonchev–Trinajstić information content (AvgIpc) is 2.77. The maximum absolute atomic E-state index is 12.9. The Morgan fingerprint density at radius 3 is 2.18 bits per heavy atom. The Bertz CT molecular complexity index is 1180. The summed E-state index contributed by atoms with van der Waals surface area (Å²) < 4.78 is 28.9. The molecule has 0 aliphatic carbocycles. The van der Waals surface area contributed by atoms with Gasteiger partial charge in [0.15, 0.2) is 9.84 Å². The number of carbonyl (C=O) groups is 2. The summed E-state index contributed by atoms with van der Waals surface area (Å²) >= 11 is 0. The van der Waals surface area contributed by atoms with Crippen molar-refractivity contribution in [2.45, 2.75) is 39.8 Å². The van der Waals surface area contributed by atoms with Crippen LogP contribution in [0.25, 0.3) is 11.1 Å². The Morgan fingerprint density at radius 1 is 0.971 bits per heavy atom. The number of hydrogen-bond donors (Lipinski definition) is 0. The molecule has 1 atom stereocenters. The van der Waals surface area contributed by atoms with Crippen molar-refractivity contribution in [2.24, 2.45) is 0 Å². The van der Waals surface area contributed by atoms with E-state index in [2.05, 4.69) is 4.90 Å². The maximum Gasteiger partial charge on any atom is 0.414 e. The van der Waals surface area contributed by atoms with E-state index in [9.17, 15) is 18.0 Å². The number of nitrogens with zero attached hydrogens (tertiary/aromatic N) is 3. The zero-order chi connectivity index (χ0) is 24.6. The van der Waals surface area contributed by atoms with Gasteiger partial charge in [0, 0.05) is 32.2 Å². The Morgan fingerprint density at radius 2 is 1.59 bits per heavy atom. The largest absolute Gasteiger partial charge is 0.446 e. The van der Waals surface area contributed by atoms with Gasteiger partial charge in [-0.05, 0) is 56.2 Å². The van der Waals surface area contributed by atoms with Gasteiger partial charge in [-0.3, -0.25) is 9.69 Å². The van der Waals surface area contributed by atoms with Crippen LogP contribution in [0.5, 0.6) is 0 Å². The molecule has 0 spiro atoms. The van der Waals surface area contributed by atoms with Crippen molar-refractivity contribution in [1.29, 1.82) is 0 Å². The van der Waals surface area contributed by atoms with E-state index < -0.39 is 15.9 Å². The molecule has 0 saturated carbocycles. The number of ether oxygens (including phenoxy) is 1. The number of amides is 2. The molecular weight excluding hydrogens is 454 g/mol. The highest BCUT2D eigenvalue weighted by molar-refractivity contribution is 7.91. The molecule has 34 heavy (non-hydrogen) atoms. The Balaban J connectivity index is 1.65. The Labute approximate surface area is 201 Å². The molecule has 0 N–H and O–H groups in total. The number of rotatable bonds is 3. The van der Waals surface area contributed by atoms with Crippen molar-refractivity contribution in [3.63, 3.8) is 0 Å². The lowest BCUT2D eigenvalue weighted by Crippen LogP contribution is -2.51. The number of sulfone groups is 1. The molecule has 0 aromatic heterocycles. The normalized spacial score (nSPS) is 19.7. The zero-order valence-corrected chi connectivity index (χ0v) is 20.8. The van der Waals surface area contributed by atoms with Gasteiger partial charge >= 0.3 is 6.09 Å². The molecule has 2 aromatic rings. The fourth-order valence-corrected chi connectivity index (χ4v) is 5.76. The van der Waals surface area contributed by atoms with E-state index in [0.29, 0.717) is 31.0 Å². The van der Waals surface area contributed by atoms with Gasteiger partial charge in [-0.1, -0.05) is 18.2 Å². The molecule has 4 rings (SSSR count). The number of anilines is 3. The van der Waals surface area contributed by atoms with Gasteiger partial charge in [-0.2, -0.15) is 0 Å². The van der Waals surface area contributed by atoms with Crippen LogP contribution >= 0.6 is 0 Å². The summed E-state index contributed by atoms with van der Waals surface area (Å²) in [6.45, 7) is 8.39. The fraction of sp³-hybridized carbons (Fsp3) is 0.440. The smallest absolute Gasteiger partial charge is 0.414 e. The number of hydrogen-bond acceptors (Lipinski definition) is 6. The molecule has 8 nitrogen and oxygen atoms in total. The van der Waals surface area contributed by atoms with Gasteiger partial charge in [0.1, 0.15) is 0 Å². The first-order chi connectivity index (χ1) is 16.1. The highest BCUT2D eigenvalue weighted by atomic mass is 32.2. The minimum absolute atomic E-state index is 0.0775. The number of fused-ring (bicyclic) bond motifs is 1. The van der Waals surface area contributed by atoms with Crippen LogP contribution in [0, 0.1) is 0 Å². The van der Waals surface area contributed by atoms with Crippen LogP contribution < -0.4 is 14.7 Å². The molecule has 9 heteroatoms. The first-order valence-electron chi connectivity index (χ1n) is 11.5. The fourth-order valence-electron chi connectivity index (χ4n) is 4.56. The van der Waals surface area contributed by atoms with E-state index in [4.69, 9.17) is 4.74 Å². The first kappa shape index (κ1) is 24.1. The average molecular weight is 486 g/mol. The SMILES string of the molecule is CC(=O)N1c2ccc(-c3ccc(N4CCS(=O)(=O)CC4)cc3)cc2N(C(=O)OC(C)C)C[C@@H]1C. The summed E-state index contributed by atoms with van der Waals surface area (Å²) in [6, 6.07) is 13.5. The van der Waals surface area contributed by atoms with Crippen LogP contribution in [0.2, 0.25) is 0 Å². The van der Waals surface area contributed by atoms with Crippen molar-refractivity contribution in [2.75, 3.05) is 45.8 Å². The van der Waals surface area contributed by atoms with Gasteiger partial charge in [-0.15, -0.1) is 0 Å². The van der Waals surface area contributed by atoms with Crippen molar-refractivity contribution in [1.82, 2.24) is 0 Å². The summed E-state index contributed by atoms with van der Waals surface area (Å²) in [5, 5.41) is 0. The van der Waals surface area contributed by atoms with E-state index >= 15 is 0 Å². The second-order valence-electron chi connectivity index (χ2n) is 9.17. The van der Waals surface area contributed by atoms with Crippen molar-refractivity contribution in [3.8, 4) is 11.1 Å². The summed E-state index contributed by atoms with van der Waals surface area (Å²) in [4.78, 5) is 30.6. The van der Waals surface area contributed by atoms with E-state index in [1.807, 2.05) is 63.2 Å². The third-order valence-corrected chi connectivity index (χ3v) is 7.83. The second-order valence-corrected chi connectivity index (χ2v) is 11.5. The van der Waals surface area contributed by atoms with Gasteiger partial charge in [-0.25, -0.2) is 13.2 Å². The highest BCUT2D eigenvalue weighted by Crippen LogP contribution is 2.39. The summed E-state index contributed by atoms with van der Waals surface area (Å²) in [5.74, 6) is 0.270. The lowest BCUT2D eigenvalue weighted by atomic mass is 10.0. The highest BCUT2D eigenvalue weighted by Gasteiger charge is 2.35. The molecule has 0 unspecified atom stereocenters. The molecule has 2 aromatic carbocycles. The zero-order valence-electron chi connectivity index (χ0n) is 20.0. The monoisotopic (exact) mass is 485 g/mol. The third-order valence-electron chi connectivity index (χ3n) is 6.22. The number of benzene rings is 2. The van der Waals surface area contributed by atoms with Crippen LogP contribution in [0.1, 0.15) is 27.7 Å². The van der Waals surface area contributed by atoms with Gasteiger partial charge in [0.25, 0.3) is 0 Å². The van der Waals surface area contributed by atoms with E-state index in [0.717, 1.165) is 16.8 Å². The van der Waals surface area contributed by atoms with Gasteiger partial charge < -0.3 is 14.5 Å². The second kappa shape index (κ2) is 9.29. The molecule has 2 aliphatic heterocycles. The minimum Gasteiger partial charge on any atom is -0.446 e. The Kier molecular flexibility index (Phi) is 6.58. The standard InChI is InChI=1S/C25H31N3O5S/c1-17(2)33-25(30)27-16-18(3)28(19(4)29)23-10-7-21(15-24(23)27)20-5-8-22(9-6-20)26-11-13-34(31,32)14-12-26/h5-10,15,17-18H,11-14,16H2,1-4H3/t18-/m0/s1. The lowest BCUT2D eigenvalue weighted by Gasteiger charge is -2.40. The predicted octanol–water partition coefficient (Wildman–Crippen LogP) is 3.69. The quantitative estimate of drug-likeness (QED) is 0.659. The summed E-state index contributed by atoms with van der Waals surface area (Å²) in [7, 11) is -2.93. The molecular formula is C25H31N3O5S. The molecule has 1 fully saturated rings. The molecule has 2 heterocycles. The summed E-state index contributed by atoms with van der Waals surface area (Å²) in [5.41, 5.74) is 4.17. The Hall–Kier alpha value is -3.07. The topological polar surface area (TPSA) is 87.2 Å². The van der Waals surface area contributed by atoms with Crippen LogP contribution in [-0.4, -0.2) is 63.7 Å². The van der Waals surface area contributed by atoms with Crippen LogP contribution in [0.4, 0.5) is 21.9 Å². The molecule has 182 valence electrons. The third kappa shape index (κ3) is 4.89. The molecule has 0 radical (unpaired) electrons. The molecule has 2 amide bonds. The van der Waals surface area contributed by atoms with E-state index in [1.54, 1.807) is 9.80 Å². The number of carbonyl (C=O) groups excluding carboxylic acids is 2. The molecule has 2 aliphatic rings. The van der Waals surface area contributed by atoms with Crippen molar-refractivity contribution >= 4 is 38.9 Å². The van der Waals surface area contributed by atoms with Gasteiger partial charge in [0.2, 0.25) is 5.91 Å². The van der Waals surface area contributed by atoms with E-state index in [1.165, 1.54) is 6.92 Å². The van der Waals surface area contributed by atoms with Crippen LogP contribution in [0.15, 0.2) is 42.5 Å². The maximum atomic E-state index is 12.9. The van der Waals surface area contributed by atoms with Crippen molar-refractivity contribution in [3.05, 3.63) is 42.5 Å². The lowest BCUT2D eigenvalue weighted by molar-refractivity contribution is -0.117. The van der Waals surface area contributed by atoms with Gasteiger partial charge in [0.05, 0.1) is 35.0 Å². The molecule has 0 bridgehead atoms. The predicted molar refractivity (Wildman–Crippen MR) is 134 cm³/mol. The van der Waals surface area contributed by atoms with E-state index in [-0.39, 0.29) is 29.6 Å². The first-order valence-corrected chi connectivity index (χ1v) is 13.4. The van der Waals surface area contributed by atoms with Crippen molar-refractivity contribution < 1.29 is 22.7 Å².